The summed E-state index contributed by atoms with van der Waals surface area (Å²) in [4.78, 5) is 26.2. The Kier molecular flexibility index (Phi) is 5.96. The van der Waals surface area contributed by atoms with Crippen molar-refractivity contribution in [1.82, 2.24) is 5.32 Å². The fourth-order valence-corrected chi connectivity index (χ4v) is 3.71. The van der Waals surface area contributed by atoms with E-state index in [1.54, 1.807) is 4.90 Å². The van der Waals surface area contributed by atoms with Gasteiger partial charge in [-0.1, -0.05) is 51.1 Å². The summed E-state index contributed by atoms with van der Waals surface area (Å²) in [7, 11) is 0. The highest BCUT2D eigenvalue weighted by Crippen LogP contribution is 2.38. The summed E-state index contributed by atoms with van der Waals surface area (Å²) >= 11 is 0. The first-order chi connectivity index (χ1) is 13.7. The molecule has 5 nitrogen and oxygen atoms in total. The maximum Gasteiger partial charge on any atom is 0.254 e. The zero-order valence-electron chi connectivity index (χ0n) is 17.9. The molecule has 2 amide bonds. The molecule has 0 unspecified atom stereocenters. The highest BCUT2D eigenvalue weighted by Gasteiger charge is 2.38. The molecule has 1 heterocycles. The van der Waals surface area contributed by atoms with Gasteiger partial charge in [0.1, 0.15) is 11.8 Å². The number of anilines is 1. The summed E-state index contributed by atoms with van der Waals surface area (Å²) in [6.07, 6.45) is 0.702. The first-order valence-electron chi connectivity index (χ1n) is 10.1. The largest absolute Gasteiger partial charge is 0.494 e. The van der Waals surface area contributed by atoms with Gasteiger partial charge in [-0.05, 0) is 42.0 Å². The molecule has 29 heavy (non-hydrogen) atoms. The van der Waals surface area contributed by atoms with Gasteiger partial charge < -0.3 is 15.0 Å². The molecule has 2 aromatic rings. The zero-order valence-corrected chi connectivity index (χ0v) is 17.9. The van der Waals surface area contributed by atoms with Gasteiger partial charge in [-0.2, -0.15) is 0 Å². The van der Waals surface area contributed by atoms with Crippen molar-refractivity contribution in [1.29, 1.82) is 0 Å². The molecule has 0 aromatic heterocycles. The van der Waals surface area contributed by atoms with Crippen LogP contribution in [0.4, 0.5) is 5.69 Å². The van der Waals surface area contributed by atoms with E-state index in [9.17, 15) is 9.59 Å². The van der Waals surface area contributed by atoms with Crippen molar-refractivity contribution in [3.05, 3.63) is 59.2 Å². The van der Waals surface area contributed by atoms with Crippen molar-refractivity contribution < 1.29 is 14.3 Å². The van der Waals surface area contributed by atoms with Gasteiger partial charge in [-0.3, -0.25) is 9.59 Å². The Morgan fingerprint density at radius 1 is 1.14 bits per heavy atom. The van der Waals surface area contributed by atoms with Crippen LogP contribution in [-0.2, 0) is 15.0 Å². The van der Waals surface area contributed by atoms with Crippen molar-refractivity contribution in [2.45, 2.75) is 52.5 Å². The maximum absolute atomic E-state index is 12.9. The van der Waals surface area contributed by atoms with Crippen LogP contribution in [0.3, 0.4) is 0 Å². The average Bonchev–Trinajstić information content (AvgIpc) is 2.91. The maximum atomic E-state index is 12.9. The first kappa shape index (κ1) is 20.9. The standard InChI is InChI=1S/C24H30N2O3/c1-16-8-6-9-20-21(25-17(2)27)23(28)26(22(16)20)14-7-15-29-19-12-10-18(11-13-19)24(3,4)5/h6,8-13,21H,7,14-15H2,1-5H3,(H,25,27)/t21-/m0/s1. The smallest absolute Gasteiger partial charge is 0.254 e. The van der Waals surface area contributed by atoms with Crippen LogP contribution in [0.5, 0.6) is 5.75 Å². The molecule has 3 rings (SSSR count). The SMILES string of the molecule is CC(=O)N[C@@H]1C(=O)N(CCCOc2ccc(C(C)(C)C)cc2)c2c(C)cccc21. The summed E-state index contributed by atoms with van der Waals surface area (Å²) in [5.41, 5.74) is 4.19. The molecular formula is C24H30N2O3. The molecule has 0 fully saturated rings. The van der Waals surface area contributed by atoms with Crippen LogP contribution in [0.15, 0.2) is 42.5 Å². The minimum Gasteiger partial charge on any atom is -0.494 e. The van der Waals surface area contributed by atoms with Gasteiger partial charge in [0, 0.05) is 19.0 Å². The minimum atomic E-state index is -0.603. The van der Waals surface area contributed by atoms with Gasteiger partial charge in [0.15, 0.2) is 0 Å². The number of hydrogen-bond acceptors (Lipinski definition) is 3. The molecule has 1 N–H and O–H groups in total. The third-order valence-electron chi connectivity index (χ3n) is 5.23. The van der Waals surface area contributed by atoms with Crippen molar-refractivity contribution in [3.8, 4) is 5.75 Å². The molecule has 0 aliphatic carbocycles. The molecule has 154 valence electrons. The van der Waals surface area contributed by atoms with Crippen LogP contribution in [0.25, 0.3) is 0 Å². The highest BCUT2D eigenvalue weighted by molar-refractivity contribution is 6.06. The molecule has 0 saturated heterocycles. The number of para-hydroxylation sites is 1. The molecule has 5 heteroatoms. The average molecular weight is 395 g/mol. The lowest BCUT2D eigenvalue weighted by molar-refractivity contribution is -0.126. The molecular weight excluding hydrogens is 364 g/mol. The van der Waals surface area contributed by atoms with Crippen molar-refractivity contribution >= 4 is 17.5 Å². The van der Waals surface area contributed by atoms with E-state index in [0.717, 1.165) is 22.6 Å². The molecule has 0 radical (unpaired) electrons. The third kappa shape index (κ3) is 4.61. The Balaban J connectivity index is 1.62. The van der Waals surface area contributed by atoms with Crippen LogP contribution in [0.1, 0.15) is 56.8 Å². The number of carbonyl (C=O) groups excluding carboxylic acids is 2. The van der Waals surface area contributed by atoms with E-state index in [0.29, 0.717) is 19.6 Å². The van der Waals surface area contributed by atoms with Crippen LogP contribution in [0.2, 0.25) is 0 Å². The fraction of sp³-hybridized carbons (Fsp3) is 0.417. The number of rotatable bonds is 6. The van der Waals surface area contributed by atoms with E-state index >= 15 is 0 Å². The number of hydrogen-bond donors (Lipinski definition) is 1. The predicted molar refractivity (Wildman–Crippen MR) is 115 cm³/mol. The van der Waals surface area contributed by atoms with E-state index in [4.69, 9.17) is 4.74 Å². The van der Waals surface area contributed by atoms with E-state index in [-0.39, 0.29) is 17.2 Å². The van der Waals surface area contributed by atoms with Crippen molar-refractivity contribution in [3.63, 3.8) is 0 Å². The lowest BCUT2D eigenvalue weighted by Gasteiger charge is -2.20. The molecule has 1 atom stereocenters. The van der Waals surface area contributed by atoms with E-state index < -0.39 is 6.04 Å². The summed E-state index contributed by atoms with van der Waals surface area (Å²) < 4.78 is 5.87. The Hall–Kier alpha value is -2.82. The van der Waals surface area contributed by atoms with Gasteiger partial charge in [0.05, 0.1) is 12.3 Å². The zero-order chi connectivity index (χ0) is 21.2. The highest BCUT2D eigenvalue weighted by atomic mass is 16.5. The number of benzene rings is 2. The quantitative estimate of drug-likeness (QED) is 0.744. The number of amides is 2. The van der Waals surface area contributed by atoms with Crippen LogP contribution < -0.4 is 15.0 Å². The number of carbonyl (C=O) groups is 2. The van der Waals surface area contributed by atoms with E-state index in [1.807, 2.05) is 37.3 Å². The predicted octanol–water partition coefficient (Wildman–Crippen LogP) is 4.29. The summed E-state index contributed by atoms with van der Waals surface area (Å²) in [6, 6.07) is 13.4. The van der Waals surface area contributed by atoms with Crippen LogP contribution in [0, 0.1) is 6.92 Å². The Morgan fingerprint density at radius 3 is 2.45 bits per heavy atom. The molecule has 0 bridgehead atoms. The lowest BCUT2D eigenvalue weighted by atomic mass is 9.87. The van der Waals surface area contributed by atoms with Gasteiger partial charge in [0.2, 0.25) is 5.91 Å². The number of fused-ring (bicyclic) bond motifs is 1. The minimum absolute atomic E-state index is 0.0842. The normalized spacial score (nSPS) is 16.0. The summed E-state index contributed by atoms with van der Waals surface area (Å²) in [5.74, 6) is 0.539. The van der Waals surface area contributed by atoms with Crippen molar-refractivity contribution in [2.75, 3.05) is 18.1 Å². The van der Waals surface area contributed by atoms with Gasteiger partial charge in [0.25, 0.3) is 5.91 Å². The molecule has 1 aliphatic rings. The molecule has 1 aliphatic heterocycles. The summed E-state index contributed by atoms with van der Waals surface area (Å²) in [6.45, 7) is 11.0. The number of nitrogens with zero attached hydrogens (tertiary/aromatic N) is 1. The molecule has 0 spiro atoms. The number of ether oxygens (including phenoxy) is 1. The summed E-state index contributed by atoms with van der Waals surface area (Å²) in [5, 5.41) is 2.78. The second-order valence-electron chi connectivity index (χ2n) is 8.61. The monoisotopic (exact) mass is 394 g/mol. The van der Waals surface area contributed by atoms with Gasteiger partial charge >= 0.3 is 0 Å². The van der Waals surface area contributed by atoms with Crippen LogP contribution in [-0.4, -0.2) is 25.0 Å². The first-order valence-corrected chi connectivity index (χ1v) is 10.1. The lowest BCUT2D eigenvalue weighted by Crippen LogP contribution is -2.37. The Bertz CT molecular complexity index is 897. The number of aryl methyl sites for hydroxylation is 1. The molecule has 0 saturated carbocycles. The number of nitrogens with one attached hydrogen (secondary N) is 1. The van der Waals surface area contributed by atoms with Crippen molar-refractivity contribution in [2.24, 2.45) is 0 Å². The Morgan fingerprint density at radius 2 is 1.83 bits per heavy atom. The fourth-order valence-electron chi connectivity index (χ4n) is 3.71. The third-order valence-corrected chi connectivity index (χ3v) is 5.23. The second-order valence-corrected chi connectivity index (χ2v) is 8.61. The van der Waals surface area contributed by atoms with E-state index in [1.165, 1.54) is 12.5 Å². The second kappa shape index (κ2) is 8.27. The topological polar surface area (TPSA) is 58.6 Å². The molecule has 2 aromatic carbocycles. The van der Waals surface area contributed by atoms with E-state index in [2.05, 4.69) is 38.2 Å². The Labute approximate surface area is 173 Å². The van der Waals surface area contributed by atoms with Gasteiger partial charge in [-0.15, -0.1) is 0 Å². The van der Waals surface area contributed by atoms with Crippen LogP contribution >= 0.6 is 0 Å². The van der Waals surface area contributed by atoms with Gasteiger partial charge in [-0.25, -0.2) is 0 Å².